The van der Waals surface area contributed by atoms with Crippen LogP contribution in [0.1, 0.15) is 78.6 Å². The van der Waals surface area contributed by atoms with Crippen LogP contribution in [0.3, 0.4) is 0 Å². The Morgan fingerprint density at radius 2 is 1.47 bits per heavy atom. The third kappa shape index (κ3) is 6.19. The molecule has 0 aliphatic heterocycles. The van der Waals surface area contributed by atoms with E-state index in [0.717, 1.165) is 6.42 Å². The van der Waals surface area contributed by atoms with Gasteiger partial charge < -0.3 is 5.11 Å². The summed E-state index contributed by atoms with van der Waals surface area (Å²) >= 11 is 0. The molecule has 0 fully saturated rings. The summed E-state index contributed by atoms with van der Waals surface area (Å²) in [5.41, 5.74) is 0.237. The maximum atomic E-state index is 9.51. The van der Waals surface area contributed by atoms with E-state index in [1.54, 1.807) is 0 Å². The van der Waals surface area contributed by atoms with Gasteiger partial charge in [-0.15, -0.1) is 0 Å². The predicted octanol–water partition coefficient (Wildman–Crippen LogP) is 4.54. The van der Waals surface area contributed by atoms with Crippen LogP contribution in [0.25, 0.3) is 0 Å². The van der Waals surface area contributed by atoms with Crippen molar-refractivity contribution in [2.75, 3.05) is 6.61 Å². The summed E-state index contributed by atoms with van der Waals surface area (Å²) in [4.78, 5) is 0. The van der Waals surface area contributed by atoms with Gasteiger partial charge in [0, 0.05) is 6.61 Å². The number of rotatable bonds is 10. The van der Waals surface area contributed by atoms with Crippen molar-refractivity contribution in [1.82, 2.24) is 0 Å². The highest BCUT2D eigenvalue weighted by atomic mass is 16.3. The summed E-state index contributed by atoms with van der Waals surface area (Å²) in [7, 11) is 0. The van der Waals surface area contributed by atoms with E-state index >= 15 is 0 Å². The Labute approximate surface area is 96.3 Å². The molecule has 1 unspecified atom stereocenters. The number of unbranched alkanes of at least 4 members (excludes halogenated alkanes) is 4. The maximum Gasteiger partial charge on any atom is 0.0487 e. The van der Waals surface area contributed by atoms with Gasteiger partial charge in [-0.1, -0.05) is 59.3 Å². The highest BCUT2D eigenvalue weighted by Crippen LogP contribution is 2.33. The largest absolute Gasteiger partial charge is 0.396 e. The lowest BCUT2D eigenvalue weighted by molar-refractivity contribution is 0.0961. The molecular weight excluding hydrogens is 184 g/mol. The molecule has 0 heterocycles. The lowest BCUT2D eigenvalue weighted by Gasteiger charge is -2.30. The van der Waals surface area contributed by atoms with Crippen LogP contribution in [-0.4, -0.2) is 11.7 Å². The van der Waals surface area contributed by atoms with Crippen LogP contribution in [-0.2, 0) is 0 Å². The SMILES string of the molecule is CCCCCCCC(CC)(CO)CCC. The molecule has 0 aliphatic rings. The van der Waals surface area contributed by atoms with Crippen molar-refractivity contribution in [2.24, 2.45) is 5.41 Å². The van der Waals surface area contributed by atoms with Gasteiger partial charge in [0.2, 0.25) is 0 Å². The van der Waals surface area contributed by atoms with Gasteiger partial charge in [-0.2, -0.15) is 0 Å². The summed E-state index contributed by atoms with van der Waals surface area (Å²) in [6.45, 7) is 7.07. The second kappa shape index (κ2) is 9.21. The van der Waals surface area contributed by atoms with Crippen molar-refractivity contribution in [2.45, 2.75) is 78.6 Å². The Morgan fingerprint density at radius 3 is 1.93 bits per heavy atom. The molecule has 0 amide bonds. The monoisotopic (exact) mass is 214 g/mol. The van der Waals surface area contributed by atoms with Gasteiger partial charge in [0.05, 0.1) is 0 Å². The summed E-state index contributed by atoms with van der Waals surface area (Å²) < 4.78 is 0. The Hall–Kier alpha value is -0.0400. The van der Waals surface area contributed by atoms with E-state index in [1.807, 2.05) is 0 Å². The van der Waals surface area contributed by atoms with E-state index < -0.39 is 0 Å². The molecule has 0 aromatic heterocycles. The minimum Gasteiger partial charge on any atom is -0.396 e. The molecule has 0 aliphatic carbocycles. The molecule has 0 rings (SSSR count). The van der Waals surface area contributed by atoms with Gasteiger partial charge in [0.15, 0.2) is 0 Å². The zero-order valence-electron chi connectivity index (χ0n) is 11.0. The van der Waals surface area contributed by atoms with E-state index in [2.05, 4.69) is 20.8 Å². The van der Waals surface area contributed by atoms with Gasteiger partial charge in [0.25, 0.3) is 0 Å². The van der Waals surface area contributed by atoms with E-state index in [0.29, 0.717) is 6.61 Å². The molecule has 1 nitrogen and oxygen atoms in total. The average molecular weight is 214 g/mol. The van der Waals surface area contributed by atoms with Crippen LogP contribution >= 0.6 is 0 Å². The van der Waals surface area contributed by atoms with E-state index in [9.17, 15) is 5.11 Å². The molecular formula is C14H30O. The van der Waals surface area contributed by atoms with Gasteiger partial charge in [-0.25, -0.2) is 0 Å². The average Bonchev–Trinajstić information content (AvgIpc) is 2.27. The lowest BCUT2D eigenvalue weighted by Crippen LogP contribution is -2.24. The Balaban J connectivity index is 3.74. The molecule has 1 N–H and O–H groups in total. The fourth-order valence-corrected chi connectivity index (χ4v) is 2.38. The van der Waals surface area contributed by atoms with Crippen molar-refractivity contribution in [3.8, 4) is 0 Å². The van der Waals surface area contributed by atoms with Crippen molar-refractivity contribution < 1.29 is 5.11 Å². The van der Waals surface area contributed by atoms with Crippen LogP contribution in [0.2, 0.25) is 0 Å². The Bertz CT molecular complexity index is 127. The maximum absolute atomic E-state index is 9.51. The molecule has 1 atom stereocenters. The zero-order chi connectivity index (χ0) is 11.6. The molecule has 92 valence electrons. The first kappa shape index (κ1) is 15.0. The van der Waals surface area contributed by atoms with E-state index in [-0.39, 0.29) is 5.41 Å². The van der Waals surface area contributed by atoms with Crippen LogP contribution < -0.4 is 0 Å². The molecule has 0 radical (unpaired) electrons. The van der Waals surface area contributed by atoms with Crippen LogP contribution in [0.5, 0.6) is 0 Å². The van der Waals surface area contributed by atoms with Gasteiger partial charge in [-0.05, 0) is 24.7 Å². The van der Waals surface area contributed by atoms with Crippen LogP contribution in [0, 0.1) is 5.41 Å². The van der Waals surface area contributed by atoms with Gasteiger partial charge >= 0.3 is 0 Å². The van der Waals surface area contributed by atoms with Crippen molar-refractivity contribution in [3.05, 3.63) is 0 Å². The highest BCUT2D eigenvalue weighted by molar-refractivity contribution is 4.76. The normalized spacial score (nSPS) is 15.2. The van der Waals surface area contributed by atoms with Crippen molar-refractivity contribution in [3.63, 3.8) is 0 Å². The third-order valence-electron chi connectivity index (χ3n) is 3.68. The molecule has 15 heavy (non-hydrogen) atoms. The summed E-state index contributed by atoms with van der Waals surface area (Å²) in [6, 6.07) is 0. The zero-order valence-corrected chi connectivity index (χ0v) is 11.0. The lowest BCUT2D eigenvalue weighted by atomic mass is 9.77. The Kier molecular flexibility index (Phi) is 9.18. The van der Waals surface area contributed by atoms with Crippen molar-refractivity contribution >= 4 is 0 Å². The number of aliphatic hydroxyl groups excluding tert-OH is 1. The van der Waals surface area contributed by atoms with Crippen LogP contribution in [0.4, 0.5) is 0 Å². The minimum absolute atomic E-state index is 0.237. The van der Waals surface area contributed by atoms with Crippen molar-refractivity contribution in [1.29, 1.82) is 0 Å². The standard InChI is InChI=1S/C14H30O/c1-4-7-8-9-10-12-14(6-3,13-15)11-5-2/h15H,4-13H2,1-3H3. The molecule has 0 aromatic rings. The first-order valence-corrected chi connectivity index (χ1v) is 6.85. The van der Waals surface area contributed by atoms with E-state index in [4.69, 9.17) is 0 Å². The first-order valence-electron chi connectivity index (χ1n) is 6.85. The molecule has 0 aromatic carbocycles. The summed E-state index contributed by atoms with van der Waals surface area (Å²) in [6.07, 6.45) is 11.4. The predicted molar refractivity (Wildman–Crippen MR) is 68.1 cm³/mol. The third-order valence-corrected chi connectivity index (χ3v) is 3.68. The quantitative estimate of drug-likeness (QED) is 0.529. The van der Waals surface area contributed by atoms with E-state index in [1.165, 1.54) is 51.4 Å². The number of aliphatic hydroxyl groups is 1. The fraction of sp³-hybridized carbons (Fsp3) is 1.00. The molecule has 0 saturated heterocycles. The molecule has 0 spiro atoms. The Morgan fingerprint density at radius 1 is 0.800 bits per heavy atom. The number of hydrogen-bond donors (Lipinski definition) is 1. The second-order valence-electron chi connectivity index (χ2n) is 4.93. The van der Waals surface area contributed by atoms with Gasteiger partial charge in [-0.3, -0.25) is 0 Å². The molecule has 1 heteroatoms. The summed E-state index contributed by atoms with van der Waals surface area (Å²) in [5, 5.41) is 9.51. The van der Waals surface area contributed by atoms with Crippen LogP contribution in [0.15, 0.2) is 0 Å². The topological polar surface area (TPSA) is 20.2 Å². The number of hydrogen-bond acceptors (Lipinski definition) is 1. The summed E-state index contributed by atoms with van der Waals surface area (Å²) in [5.74, 6) is 0. The smallest absolute Gasteiger partial charge is 0.0487 e. The second-order valence-corrected chi connectivity index (χ2v) is 4.93. The highest BCUT2D eigenvalue weighted by Gasteiger charge is 2.25. The fourth-order valence-electron chi connectivity index (χ4n) is 2.38. The van der Waals surface area contributed by atoms with Gasteiger partial charge in [0.1, 0.15) is 0 Å². The minimum atomic E-state index is 0.237. The molecule has 0 saturated carbocycles. The first-order chi connectivity index (χ1) is 7.24. The molecule has 0 bridgehead atoms.